The number of aromatic nitrogens is 2. The van der Waals surface area contributed by atoms with Crippen LogP contribution in [0.1, 0.15) is 0 Å². The van der Waals surface area contributed by atoms with Gasteiger partial charge in [-0.25, -0.2) is 0 Å². The number of β-amino-alcohol motifs (C(OH)–C–C–N with tert-alkyl or cyclic N) is 1. The molecule has 7 nitrogen and oxygen atoms in total. The van der Waals surface area contributed by atoms with E-state index in [4.69, 9.17) is 27.9 Å². The molecule has 0 radical (unpaired) electrons. The summed E-state index contributed by atoms with van der Waals surface area (Å²) in [5.41, 5.74) is 0.958. The van der Waals surface area contributed by atoms with Crippen LogP contribution in [0.3, 0.4) is 0 Å². The van der Waals surface area contributed by atoms with Crippen molar-refractivity contribution in [3.8, 4) is 11.4 Å². The van der Waals surface area contributed by atoms with Crippen molar-refractivity contribution in [1.82, 2.24) is 14.7 Å². The van der Waals surface area contributed by atoms with Gasteiger partial charge in [0.15, 0.2) is 0 Å². The van der Waals surface area contributed by atoms with Crippen LogP contribution >= 0.6 is 23.2 Å². The second-order valence-electron chi connectivity index (χ2n) is 7.58. The van der Waals surface area contributed by atoms with Gasteiger partial charge in [0, 0.05) is 32.7 Å². The first-order valence-corrected chi connectivity index (χ1v) is 11.1. The molecule has 1 atom stereocenters. The summed E-state index contributed by atoms with van der Waals surface area (Å²) < 4.78 is 6.93. The molecular formula is C23H24Cl2N4O3. The molecule has 0 saturated carbocycles. The fourth-order valence-electron chi connectivity index (χ4n) is 3.67. The summed E-state index contributed by atoms with van der Waals surface area (Å²) >= 11 is 12.5. The fourth-order valence-corrected chi connectivity index (χ4v) is 4.11. The second kappa shape index (κ2) is 10.4. The smallest absolute Gasteiger partial charge is 0.292 e. The van der Waals surface area contributed by atoms with Gasteiger partial charge in [0.2, 0.25) is 0 Å². The van der Waals surface area contributed by atoms with Crippen LogP contribution in [-0.4, -0.2) is 65.2 Å². The SMILES string of the molecule is O=c1c(Cl)c(N2CCN(CC(O)COc3ccccc3Cl)CC2)cnn1-c1ccccc1. The number of rotatable bonds is 7. The third-order valence-electron chi connectivity index (χ3n) is 5.35. The van der Waals surface area contributed by atoms with Gasteiger partial charge in [-0.1, -0.05) is 53.5 Å². The molecule has 3 aromatic rings. The molecule has 1 unspecified atom stereocenters. The normalized spacial score (nSPS) is 15.5. The van der Waals surface area contributed by atoms with Gasteiger partial charge < -0.3 is 14.7 Å². The molecule has 2 aromatic carbocycles. The van der Waals surface area contributed by atoms with E-state index in [-0.39, 0.29) is 17.2 Å². The molecule has 4 rings (SSSR count). The van der Waals surface area contributed by atoms with Crippen LogP contribution in [0.4, 0.5) is 5.69 Å². The summed E-state index contributed by atoms with van der Waals surface area (Å²) in [6.45, 7) is 3.45. The van der Waals surface area contributed by atoms with Crippen molar-refractivity contribution in [1.29, 1.82) is 0 Å². The standard InChI is InChI=1S/C23H24Cl2N4O3/c24-19-8-4-5-9-21(19)32-16-18(30)15-27-10-12-28(13-11-27)20-14-26-29(23(31)22(20)25)17-6-2-1-3-7-17/h1-9,14,18,30H,10-13,15-16H2. The van der Waals surface area contributed by atoms with Crippen molar-refractivity contribution in [3.05, 3.63) is 81.2 Å². The number of ether oxygens (including phenoxy) is 1. The Morgan fingerprint density at radius 2 is 1.69 bits per heavy atom. The number of hydrogen-bond acceptors (Lipinski definition) is 6. The number of anilines is 1. The van der Waals surface area contributed by atoms with Crippen LogP contribution < -0.4 is 15.2 Å². The Kier molecular flexibility index (Phi) is 7.32. The number of piperazine rings is 1. The van der Waals surface area contributed by atoms with Gasteiger partial charge in [-0.3, -0.25) is 9.69 Å². The van der Waals surface area contributed by atoms with E-state index in [1.807, 2.05) is 42.5 Å². The summed E-state index contributed by atoms with van der Waals surface area (Å²) in [6, 6.07) is 16.4. The van der Waals surface area contributed by atoms with Crippen molar-refractivity contribution < 1.29 is 9.84 Å². The Morgan fingerprint density at radius 3 is 2.41 bits per heavy atom. The van der Waals surface area contributed by atoms with Crippen LogP contribution in [0, 0.1) is 0 Å². The summed E-state index contributed by atoms with van der Waals surface area (Å²) in [5, 5.41) is 15.3. The minimum atomic E-state index is -0.641. The largest absolute Gasteiger partial charge is 0.489 e. The third-order valence-corrected chi connectivity index (χ3v) is 6.02. The summed E-state index contributed by atoms with van der Waals surface area (Å²) in [7, 11) is 0. The third kappa shape index (κ3) is 5.24. The Hall–Kier alpha value is -2.58. The predicted octanol–water partition coefficient (Wildman–Crippen LogP) is 3.10. The second-order valence-corrected chi connectivity index (χ2v) is 8.36. The fraction of sp³-hybridized carbons (Fsp3) is 0.304. The molecule has 0 spiro atoms. The molecule has 0 amide bonds. The van der Waals surface area contributed by atoms with E-state index in [1.165, 1.54) is 4.68 Å². The van der Waals surface area contributed by atoms with Gasteiger partial charge in [-0.2, -0.15) is 9.78 Å². The molecular weight excluding hydrogens is 451 g/mol. The van der Waals surface area contributed by atoms with E-state index in [0.717, 1.165) is 13.1 Å². The first-order valence-electron chi connectivity index (χ1n) is 10.4. The Balaban J connectivity index is 1.32. The highest BCUT2D eigenvalue weighted by atomic mass is 35.5. The highest BCUT2D eigenvalue weighted by Crippen LogP contribution is 2.24. The molecule has 1 fully saturated rings. The lowest BCUT2D eigenvalue weighted by Gasteiger charge is -2.36. The van der Waals surface area contributed by atoms with Gasteiger partial charge in [-0.05, 0) is 24.3 Å². The lowest BCUT2D eigenvalue weighted by atomic mass is 10.2. The van der Waals surface area contributed by atoms with Crippen LogP contribution in [0.2, 0.25) is 10.0 Å². The number of aliphatic hydroxyl groups is 1. The minimum Gasteiger partial charge on any atom is -0.489 e. The number of aliphatic hydroxyl groups excluding tert-OH is 1. The zero-order chi connectivity index (χ0) is 22.5. The summed E-state index contributed by atoms with van der Waals surface area (Å²) in [6.07, 6.45) is 0.997. The van der Waals surface area contributed by atoms with Crippen LogP contribution in [0.15, 0.2) is 65.6 Å². The Labute approximate surface area is 196 Å². The molecule has 1 aliphatic rings. The topological polar surface area (TPSA) is 70.8 Å². The first-order chi connectivity index (χ1) is 15.5. The van der Waals surface area contributed by atoms with E-state index in [0.29, 0.717) is 41.8 Å². The van der Waals surface area contributed by atoms with Gasteiger partial charge in [0.1, 0.15) is 23.5 Å². The van der Waals surface area contributed by atoms with Crippen LogP contribution in [-0.2, 0) is 0 Å². The molecule has 1 aliphatic heterocycles. The molecule has 2 heterocycles. The van der Waals surface area contributed by atoms with Crippen molar-refractivity contribution in [3.63, 3.8) is 0 Å². The Bertz CT molecular complexity index is 1100. The maximum Gasteiger partial charge on any atom is 0.292 e. The van der Waals surface area contributed by atoms with E-state index in [9.17, 15) is 9.90 Å². The molecule has 1 saturated heterocycles. The zero-order valence-electron chi connectivity index (χ0n) is 17.4. The van der Waals surface area contributed by atoms with Gasteiger partial charge >= 0.3 is 0 Å². The van der Waals surface area contributed by atoms with Crippen molar-refractivity contribution in [2.24, 2.45) is 0 Å². The van der Waals surface area contributed by atoms with Crippen molar-refractivity contribution in [2.45, 2.75) is 6.10 Å². The zero-order valence-corrected chi connectivity index (χ0v) is 18.9. The Morgan fingerprint density at radius 1 is 1.00 bits per heavy atom. The van der Waals surface area contributed by atoms with Crippen molar-refractivity contribution in [2.75, 3.05) is 44.2 Å². The molecule has 1 aromatic heterocycles. The number of hydrogen-bond donors (Lipinski definition) is 1. The van der Waals surface area contributed by atoms with E-state index in [2.05, 4.69) is 14.9 Å². The molecule has 9 heteroatoms. The lowest BCUT2D eigenvalue weighted by molar-refractivity contribution is 0.0663. The summed E-state index contributed by atoms with van der Waals surface area (Å²) in [4.78, 5) is 16.9. The van der Waals surface area contributed by atoms with Gasteiger partial charge in [0.05, 0.1) is 22.6 Å². The lowest BCUT2D eigenvalue weighted by Crippen LogP contribution is -2.49. The monoisotopic (exact) mass is 474 g/mol. The van der Waals surface area contributed by atoms with E-state index in [1.54, 1.807) is 18.3 Å². The van der Waals surface area contributed by atoms with E-state index >= 15 is 0 Å². The maximum atomic E-state index is 12.7. The summed E-state index contributed by atoms with van der Waals surface area (Å²) in [5.74, 6) is 0.561. The minimum absolute atomic E-state index is 0.158. The molecule has 0 aliphatic carbocycles. The van der Waals surface area contributed by atoms with Crippen LogP contribution in [0.5, 0.6) is 5.75 Å². The van der Waals surface area contributed by atoms with Gasteiger partial charge in [0.25, 0.3) is 5.56 Å². The molecule has 0 bridgehead atoms. The predicted molar refractivity (Wildman–Crippen MR) is 126 cm³/mol. The molecule has 1 N–H and O–H groups in total. The average Bonchev–Trinajstić information content (AvgIpc) is 2.81. The highest BCUT2D eigenvalue weighted by Gasteiger charge is 2.23. The number of nitrogens with zero attached hydrogens (tertiary/aromatic N) is 4. The molecule has 32 heavy (non-hydrogen) atoms. The van der Waals surface area contributed by atoms with Crippen LogP contribution in [0.25, 0.3) is 5.69 Å². The average molecular weight is 475 g/mol. The number of para-hydroxylation sites is 2. The van der Waals surface area contributed by atoms with E-state index < -0.39 is 6.10 Å². The molecule has 168 valence electrons. The van der Waals surface area contributed by atoms with Gasteiger partial charge in [-0.15, -0.1) is 0 Å². The quantitative estimate of drug-likeness (QED) is 0.567. The first kappa shape index (κ1) is 22.6. The number of halogens is 2. The number of benzene rings is 2. The van der Waals surface area contributed by atoms with Crippen molar-refractivity contribution >= 4 is 28.9 Å². The maximum absolute atomic E-state index is 12.7. The highest BCUT2D eigenvalue weighted by molar-refractivity contribution is 6.33.